The summed E-state index contributed by atoms with van der Waals surface area (Å²) >= 11 is 0. The number of rotatable bonds is 4. The maximum Gasteiger partial charge on any atom is 0.337 e. The molecule has 1 aliphatic rings. The molecule has 8 nitrogen and oxygen atoms in total. The third-order valence-electron chi connectivity index (χ3n) is 4.56. The molecule has 1 N–H and O–H groups in total. The molecule has 2 aromatic rings. The number of benzene rings is 1. The van der Waals surface area contributed by atoms with Gasteiger partial charge in [-0.1, -0.05) is 32.0 Å². The number of ether oxygens (including phenoxy) is 1. The molecule has 1 aliphatic heterocycles. The van der Waals surface area contributed by atoms with E-state index in [1.54, 1.807) is 30.3 Å². The van der Waals surface area contributed by atoms with Gasteiger partial charge in [-0.2, -0.15) is 0 Å². The van der Waals surface area contributed by atoms with E-state index < -0.39 is 12.0 Å². The molecular weight excluding hydrogens is 362 g/mol. The quantitative estimate of drug-likeness (QED) is 0.812. The van der Waals surface area contributed by atoms with Gasteiger partial charge in [0.1, 0.15) is 11.8 Å². The number of nitrogens with zero attached hydrogens (tertiary/aromatic N) is 2. The van der Waals surface area contributed by atoms with Crippen LogP contribution in [0.4, 0.5) is 11.5 Å². The summed E-state index contributed by atoms with van der Waals surface area (Å²) in [6.07, 6.45) is 0.615. The van der Waals surface area contributed by atoms with E-state index in [0.29, 0.717) is 29.2 Å². The summed E-state index contributed by atoms with van der Waals surface area (Å²) in [5.41, 5.74) is 0.547. The molecule has 0 saturated carbocycles. The Kier molecular flexibility index (Phi) is 5.22. The molecule has 8 heteroatoms. The van der Waals surface area contributed by atoms with Crippen molar-refractivity contribution in [2.45, 2.75) is 45.1 Å². The number of amides is 2. The van der Waals surface area contributed by atoms with Crippen molar-refractivity contribution in [1.29, 1.82) is 0 Å². The lowest BCUT2D eigenvalue weighted by Crippen LogP contribution is -2.41. The highest BCUT2D eigenvalue weighted by Crippen LogP contribution is 2.29. The lowest BCUT2D eigenvalue weighted by atomic mass is 9.93. The number of carbonyl (C=O) groups is 3. The smallest absolute Gasteiger partial charge is 0.337 e. The summed E-state index contributed by atoms with van der Waals surface area (Å²) in [5.74, 6) is -0.0990. The summed E-state index contributed by atoms with van der Waals surface area (Å²) < 4.78 is 10.0. The Morgan fingerprint density at radius 2 is 2.04 bits per heavy atom. The highest BCUT2D eigenvalue weighted by Gasteiger charge is 2.37. The van der Waals surface area contributed by atoms with Crippen LogP contribution in [0.2, 0.25) is 0 Å². The molecule has 28 heavy (non-hydrogen) atoms. The summed E-state index contributed by atoms with van der Waals surface area (Å²) in [7, 11) is 1.29. The van der Waals surface area contributed by atoms with Crippen LogP contribution in [0.3, 0.4) is 0 Å². The Labute approximate surface area is 162 Å². The van der Waals surface area contributed by atoms with Gasteiger partial charge in [0.25, 0.3) is 0 Å². The number of anilines is 2. The van der Waals surface area contributed by atoms with Gasteiger partial charge in [0.15, 0.2) is 5.82 Å². The molecule has 2 heterocycles. The molecule has 0 spiro atoms. The average molecular weight is 385 g/mol. The molecule has 1 aromatic carbocycles. The van der Waals surface area contributed by atoms with Crippen LogP contribution >= 0.6 is 0 Å². The van der Waals surface area contributed by atoms with E-state index in [0.717, 1.165) is 0 Å². The van der Waals surface area contributed by atoms with Gasteiger partial charge in [-0.15, -0.1) is 0 Å². The highest BCUT2D eigenvalue weighted by molar-refractivity contribution is 6.07. The van der Waals surface area contributed by atoms with Crippen molar-refractivity contribution in [3.63, 3.8) is 0 Å². The second kappa shape index (κ2) is 7.46. The van der Waals surface area contributed by atoms with Crippen LogP contribution in [-0.2, 0) is 19.7 Å². The number of hydrogen-bond acceptors (Lipinski definition) is 6. The van der Waals surface area contributed by atoms with E-state index in [4.69, 9.17) is 9.26 Å². The predicted octanol–water partition coefficient (Wildman–Crippen LogP) is 2.89. The van der Waals surface area contributed by atoms with Gasteiger partial charge < -0.3 is 14.6 Å². The van der Waals surface area contributed by atoms with Gasteiger partial charge in [0, 0.05) is 23.6 Å². The number of aromatic nitrogens is 1. The van der Waals surface area contributed by atoms with E-state index in [1.165, 1.54) is 12.0 Å². The zero-order chi connectivity index (χ0) is 20.5. The van der Waals surface area contributed by atoms with Crippen molar-refractivity contribution < 1.29 is 23.6 Å². The zero-order valence-corrected chi connectivity index (χ0v) is 16.3. The molecular formula is C20H23N3O5. The van der Waals surface area contributed by atoms with E-state index in [-0.39, 0.29) is 23.7 Å². The molecule has 1 atom stereocenters. The molecule has 1 fully saturated rings. The van der Waals surface area contributed by atoms with E-state index in [9.17, 15) is 14.4 Å². The topological polar surface area (TPSA) is 102 Å². The summed E-state index contributed by atoms with van der Waals surface area (Å²) in [4.78, 5) is 38.4. The third kappa shape index (κ3) is 3.90. The SMILES string of the molecule is COC(=O)c1cccc(N2C(=O)CC[C@H]2C(=O)Nc2cc(C(C)(C)C)on2)c1. The van der Waals surface area contributed by atoms with Crippen molar-refractivity contribution in [3.8, 4) is 0 Å². The molecule has 3 rings (SSSR count). The van der Waals surface area contributed by atoms with Crippen LogP contribution in [0, 0.1) is 0 Å². The molecule has 1 saturated heterocycles. The van der Waals surface area contributed by atoms with E-state index >= 15 is 0 Å². The molecule has 148 valence electrons. The van der Waals surface area contributed by atoms with Crippen LogP contribution in [0.25, 0.3) is 0 Å². The first kappa shape index (κ1) is 19.6. The van der Waals surface area contributed by atoms with Crippen LogP contribution in [0.15, 0.2) is 34.9 Å². The molecule has 0 unspecified atom stereocenters. The van der Waals surface area contributed by atoms with Gasteiger partial charge in [-0.25, -0.2) is 4.79 Å². The summed E-state index contributed by atoms with van der Waals surface area (Å²) in [6.45, 7) is 5.93. The third-order valence-corrected chi connectivity index (χ3v) is 4.56. The average Bonchev–Trinajstić information content (AvgIpc) is 3.27. The van der Waals surface area contributed by atoms with Gasteiger partial charge >= 0.3 is 5.97 Å². The number of methoxy groups -OCH3 is 1. The largest absolute Gasteiger partial charge is 0.465 e. The van der Waals surface area contributed by atoms with Crippen molar-refractivity contribution >= 4 is 29.3 Å². The number of carbonyl (C=O) groups excluding carboxylic acids is 3. The van der Waals surface area contributed by atoms with Gasteiger partial charge in [-0.3, -0.25) is 14.5 Å². The Morgan fingerprint density at radius 1 is 1.29 bits per heavy atom. The first-order chi connectivity index (χ1) is 13.2. The van der Waals surface area contributed by atoms with Crippen molar-refractivity contribution in [2.24, 2.45) is 0 Å². The molecule has 0 aliphatic carbocycles. The van der Waals surface area contributed by atoms with Gasteiger partial charge in [0.05, 0.1) is 12.7 Å². The Bertz CT molecular complexity index is 913. The number of hydrogen-bond donors (Lipinski definition) is 1. The van der Waals surface area contributed by atoms with E-state index in [2.05, 4.69) is 10.5 Å². The minimum atomic E-state index is -0.699. The zero-order valence-electron chi connectivity index (χ0n) is 16.3. The summed E-state index contributed by atoms with van der Waals surface area (Å²) in [5, 5.41) is 6.60. The number of nitrogens with one attached hydrogen (secondary N) is 1. The molecule has 2 amide bonds. The molecule has 0 bridgehead atoms. The summed E-state index contributed by atoms with van der Waals surface area (Å²) in [6, 6.07) is 7.45. The van der Waals surface area contributed by atoms with Crippen molar-refractivity contribution in [1.82, 2.24) is 5.16 Å². The fourth-order valence-electron chi connectivity index (χ4n) is 3.05. The first-order valence-electron chi connectivity index (χ1n) is 8.99. The second-order valence-electron chi connectivity index (χ2n) is 7.68. The lowest BCUT2D eigenvalue weighted by molar-refractivity contribution is -0.120. The van der Waals surface area contributed by atoms with Crippen LogP contribution < -0.4 is 10.2 Å². The molecule has 0 radical (unpaired) electrons. The molecule has 1 aromatic heterocycles. The lowest BCUT2D eigenvalue weighted by Gasteiger charge is -2.24. The van der Waals surface area contributed by atoms with E-state index in [1.807, 2.05) is 20.8 Å². The first-order valence-corrected chi connectivity index (χ1v) is 8.99. The number of esters is 1. The Morgan fingerprint density at radius 3 is 2.68 bits per heavy atom. The minimum Gasteiger partial charge on any atom is -0.465 e. The Hall–Kier alpha value is -3.16. The van der Waals surface area contributed by atoms with Crippen molar-refractivity contribution in [2.75, 3.05) is 17.3 Å². The second-order valence-corrected chi connectivity index (χ2v) is 7.68. The van der Waals surface area contributed by atoms with Crippen LogP contribution in [-0.4, -0.2) is 36.1 Å². The van der Waals surface area contributed by atoms with Crippen LogP contribution in [0.1, 0.15) is 49.7 Å². The maximum atomic E-state index is 12.8. The standard InChI is InChI=1S/C20H23N3O5/c1-20(2,3)15-11-16(22-28-15)21-18(25)14-8-9-17(24)23(14)13-7-5-6-12(10-13)19(26)27-4/h5-7,10-11,14H,8-9H2,1-4H3,(H,21,22,25)/t14-/m0/s1. The van der Waals surface area contributed by atoms with Crippen molar-refractivity contribution in [3.05, 3.63) is 41.7 Å². The van der Waals surface area contributed by atoms with Gasteiger partial charge in [-0.05, 0) is 24.6 Å². The maximum absolute atomic E-state index is 12.8. The fraction of sp³-hybridized carbons (Fsp3) is 0.400. The van der Waals surface area contributed by atoms with Gasteiger partial charge in [0.2, 0.25) is 11.8 Å². The highest BCUT2D eigenvalue weighted by atomic mass is 16.5. The Balaban J connectivity index is 1.81. The fourth-order valence-corrected chi connectivity index (χ4v) is 3.05. The normalized spacial score (nSPS) is 16.9. The monoisotopic (exact) mass is 385 g/mol. The predicted molar refractivity (Wildman–Crippen MR) is 102 cm³/mol. The minimum absolute atomic E-state index is 0.183. The van der Waals surface area contributed by atoms with Crippen LogP contribution in [0.5, 0.6) is 0 Å².